The second-order valence-corrected chi connectivity index (χ2v) is 4.80. The Bertz CT molecular complexity index is 320. The Kier molecular flexibility index (Phi) is 4.67. The van der Waals surface area contributed by atoms with Gasteiger partial charge in [0.05, 0.1) is 12.2 Å². The number of aryl methyl sites for hydroxylation is 2. The third-order valence-electron chi connectivity index (χ3n) is 2.76. The Morgan fingerprint density at radius 1 is 1.47 bits per heavy atom. The monoisotopic (exact) mass is 227 g/mol. The van der Waals surface area contributed by atoms with Gasteiger partial charge in [0.2, 0.25) is 0 Å². The molecule has 1 rings (SSSR count). The smallest absolute Gasteiger partial charge is 0.0644 e. The van der Waals surface area contributed by atoms with E-state index >= 15 is 0 Å². The van der Waals surface area contributed by atoms with E-state index in [1.54, 1.807) is 0 Å². The van der Waals surface area contributed by atoms with E-state index in [1.807, 2.05) is 18.7 Å². The molecule has 1 aromatic rings. The van der Waals surface area contributed by atoms with Crippen LogP contribution in [0.25, 0.3) is 0 Å². The minimum absolute atomic E-state index is 0.132. The molecule has 3 nitrogen and oxygen atoms in total. The first-order valence-electron chi connectivity index (χ1n) is 5.40. The second kappa shape index (κ2) is 5.56. The Hall–Kier alpha value is -0.480. The van der Waals surface area contributed by atoms with Gasteiger partial charge in [0, 0.05) is 23.1 Å². The van der Waals surface area contributed by atoms with Crippen LogP contribution in [0.3, 0.4) is 0 Å². The van der Waals surface area contributed by atoms with Crippen LogP contribution < -0.4 is 5.73 Å². The first-order valence-corrected chi connectivity index (χ1v) is 6.79. The van der Waals surface area contributed by atoms with Crippen molar-refractivity contribution in [1.82, 2.24) is 9.78 Å². The van der Waals surface area contributed by atoms with Crippen molar-refractivity contribution in [1.29, 1.82) is 0 Å². The Labute approximate surface area is 96.4 Å². The van der Waals surface area contributed by atoms with Crippen LogP contribution >= 0.6 is 11.8 Å². The van der Waals surface area contributed by atoms with Crippen molar-refractivity contribution in [2.24, 2.45) is 5.73 Å². The van der Waals surface area contributed by atoms with Gasteiger partial charge >= 0.3 is 0 Å². The highest BCUT2D eigenvalue weighted by molar-refractivity contribution is 7.98. The molecule has 0 aliphatic carbocycles. The summed E-state index contributed by atoms with van der Waals surface area (Å²) in [5, 5.41) is 4.54. The van der Waals surface area contributed by atoms with Crippen LogP contribution in [0.15, 0.2) is 0 Å². The normalized spacial score (nSPS) is 13.1. The van der Waals surface area contributed by atoms with E-state index in [9.17, 15) is 0 Å². The van der Waals surface area contributed by atoms with Crippen molar-refractivity contribution in [2.45, 2.75) is 39.8 Å². The van der Waals surface area contributed by atoms with Crippen molar-refractivity contribution >= 4 is 11.8 Å². The molecule has 0 saturated heterocycles. The number of hydrogen-bond acceptors (Lipinski definition) is 3. The Morgan fingerprint density at radius 3 is 2.67 bits per heavy atom. The molecular formula is C11H21N3S. The van der Waals surface area contributed by atoms with Gasteiger partial charge in [-0.3, -0.25) is 4.68 Å². The standard InChI is InChI=1S/C11H21N3S/c1-5-10(12)11-8(2)13-14(9(11)3)6-7-15-4/h10H,5-7,12H2,1-4H3. The summed E-state index contributed by atoms with van der Waals surface area (Å²) >= 11 is 1.84. The van der Waals surface area contributed by atoms with Crippen LogP contribution in [0.4, 0.5) is 0 Å². The summed E-state index contributed by atoms with van der Waals surface area (Å²) in [7, 11) is 0. The summed E-state index contributed by atoms with van der Waals surface area (Å²) < 4.78 is 2.08. The number of nitrogens with zero attached hydrogens (tertiary/aromatic N) is 2. The molecule has 0 fully saturated rings. The topological polar surface area (TPSA) is 43.8 Å². The minimum atomic E-state index is 0.132. The zero-order chi connectivity index (χ0) is 11.4. The molecule has 0 aromatic carbocycles. The summed E-state index contributed by atoms with van der Waals surface area (Å²) in [6.07, 6.45) is 3.08. The van der Waals surface area contributed by atoms with Gasteiger partial charge in [-0.2, -0.15) is 16.9 Å². The van der Waals surface area contributed by atoms with Gasteiger partial charge in [-0.05, 0) is 26.5 Å². The molecular weight excluding hydrogens is 206 g/mol. The van der Waals surface area contributed by atoms with Gasteiger partial charge in [0.25, 0.3) is 0 Å². The lowest BCUT2D eigenvalue weighted by Crippen LogP contribution is -2.11. The molecule has 1 aromatic heterocycles. The van der Waals surface area contributed by atoms with Crippen molar-refractivity contribution in [2.75, 3.05) is 12.0 Å². The fourth-order valence-corrected chi connectivity index (χ4v) is 2.20. The maximum atomic E-state index is 6.08. The van der Waals surface area contributed by atoms with Gasteiger partial charge < -0.3 is 5.73 Å². The van der Waals surface area contributed by atoms with Crippen LogP contribution in [0.2, 0.25) is 0 Å². The summed E-state index contributed by atoms with van der Waals surface area (Å²) in [6.45, 7) is 7.26. The molecule has 15 heavy (non-hydrogen) atoms. The number of aromatic nitrogens is 2. The molecule has 1 atom stereocenters. The zero-order valence-corrected chi connectivity index (χ0v) is 10.9. The Balaban J connectivity index is 2.93. The van der Waals surface area contributed by atoms with Crippen molar-refractivity contribution in [3.63, 3.8) is 0 Å². The molecule has 4 heteroatoms. The third kappa shape index (κ3) is 2.75. The second-order valence-electron chi connectivity index (χ2n) is 3.82. The molecule has 1 heterocycles. The van der Waals surface area contributed by atoms with E-state index in [0.717, 1.165) is 24.4 Å². The molecule has 0 radical (unpaired) electrons. The molecule has 2 N–H and O–H groups in total. The molecule has 0 amide bonds. The number of rotatable bonds is 5. The molecule has 86 valence electrons. The molecule has 1 unspecified atom stereocenters. The van der Waals surface area contributed by atoms with Crippen LogP contribution in [-0.4, -0.2) is 21.8 Å². The molecule has 0 saturated carbocycles. The van der Waals surface area contributed by atoms with Crippen molar-refractivity contribution in [3.8, 4) is 0 Å². The van der Waals surface area contributed by atoms with Gasteiger partial charge in [-0.15, -0.1) is 0 Å². The highest BCUT2D eigenvalue weighted by Gasteiger charge is 2.15. The lowest BCUT2D eigenvalue weighted by Gasteiger charge is -2.09. The van der Waals surface area contributed by atoms with E-state index in [4.69, 9.17) is 5.73 Å². The first-order chi connectivity index (χ1) is 7.11. The van der Waals surface area contributed by atoms with E-state index < -0.39 is 0 Å². The van der Waals surface area contributed by atoms with E-state index in [0.29, 0.717) is 0 Å². The average Bonchev–Trinajstić information content (AvgIpc) is 2.50. The third-order valence-corrected chi connectivity index (χ3v) is 3.35. The Morgan fingerprint density at radius 2 is 2.13 bits per heavy atom. The van der Waals surface area contributed by atoms with Crippen LogP contribution in [0, 0.1) is 13.8 Å². The molecule has 0 aliphatic rings. The highest BCUT2D eigenvalue weighted by atomic mass is 32.2. The van der Waals surface area contributed by atoms with Crippen LogP contribution in [0.5, 0.6) is 0 Å². The van der Waals surface area contributed by atoms with Crippen molar-refractivity contribution < 1.29 is 0 Å². The predicted molar refractivity (Wildman–Crippen MR) is 67.3 cm³/mol. The summed E-state index contributed by atoms with van der Waals surface area (Å²) in [6, 6.07) is 0.132. The number of thioether (sulfide) groups is 1. The fourth-order valence-electron chi connectivity index (χ4n) is 1.85. The summed E-state index contributed by atoms with van der Waals surface area (Å²) in [5.74, 6) is 1.10. The van der Waals surface area contributed by atoms with Gasteiger partial charge in [-0.25, -0.2) is 0 Å². The lowest BCUT2D eigenvalue weighted by atomic mass is 10.0. The number of nitrogens with two attached hydrogens (primary N) is 1. The minimum Gasteiger partial charge on any atom is -0.324 e. The van der Waals surface area contributed by atoms with Crippen molar-refractivity contribution in [3.05, 3.63) is 17.0 Å². The van der Waals surface area contributed by atoms with E-state index in [1.165, 1.54) is 11.3 Å². The fraction of sp³-hybridized carbons (Fsp3) is 0.727. The quantitative estimate of drug-likeness (QED) is 0.839. The SMILES string of the molecule is CCC(N)c1c(C)nn(CCSC)c1C. The van der Waals surface area contributed by atoms with Crippen LogP contribution in [-0.2, 0) is 6.54 Å². The summed E-state index contributed by atoms with van der Waals surface area (Å²) in [5.41, 5.74) is 9.63. The highest BCUT2D eigenvalue weighted by Crippen LogP contribution is 2.22. The molecule has 0 spiro atoms. The summed E-state index contributed by atoms with van der Waals surface area (Å²) in [4.78, 5) is 0. The van der Waals surface area contributed by atoms with Gasteiger partial charge in [0.1, 0.15) is 0 Å². The largest absolute Gasteiger partial charge is 0.324 e. The maximum absolute atomic E-state index is 6.08. The van der Waals surface area contributed by atoms with Gasteiger partial charge in [0.15, 0.2) is 0 Å². The lowest BCUT2D eigenvalue weighted by molar-refractivity contribution is 0.634. The zero-order valence-electron chi connectivity index (χ0n) is 10.1. The van der Waals surface area contributed by atoms with E-state index in [2.05, 4.69) is 29.9 Å². The van der Waals surface area contributed by atoms with E-state index in [-0.39, 0.29) is 6.04 Å². The average molecular weight is 227 g/mol. The molecule has 0 aliphatic heterocycles. The van der Waals surface area contributed by atoms with Crippen LogP contribution in [0.1, 0.15) is 36.3 Å². The predicted octanol–water partition coefficient (Wildman–Crippen LogP) is 2.27. The maximum Gasteiger partial charge on any atom is 0.0644 e. The molecule has 0 bridgehead atoms. The van der Waals surface area contributed by atoms with Gasteiger partial charge in [-0.1, -0.05) is 6.92 Å². The number of hydrogen-bond donors (Lipinski definition) is 1. The first kappa shape index (κ1) is 12.6.